The summed E-state index contributed by atoms with van der Waals surface area (Å²) in [5.74, 6) is -0.914. The normalized spacial score (nSPS) is 10.8. The van der Waals surface area contributed by atoms with Gasteiger partial charge < -0.3 is 19.3 Å². The van der Waals surface area contributed by atoms with Gasteiger partial charge in [-0.3, -0.25) is 4.79 Å². The smallest absolute Gasteiger partial charge is 0.334 e. The number of carboxylic acid groups (broad SMARTS) is 1. The predicted molar refractivity (Wildman–Crippen MR) is 71.8 cm³/mol. The molecule has 0 atom stereocenters. The highest BCUT2D eigenvalue weighted by molar-refractivity contribution is 5.98. The molecule has 1 rings (SSSR count). The summed E-state index contributed by atoms with van der Waals surface area (Å²) in [6.45, 7) is 0. The van der Waals surface area contributed by atoms with Crippen LogP contribution in [0.4, 0.5) is 0 Å². The molecule has 0 unspecified atom stereocenters. The average Bonchev–Trinajstić information content (AvgIpc) is 2.44. The molecule has 0 aliphatic carbocycles. The summed E-state index contributed by atoms with van der Waals surface area (Å²) in [7, 11) is 4.15. The van der Waals surface area contributed by atoms with Gasteiger partial charge in [0.2, 0.25) is 0 Å². The monoisotopic (exact) mass is 280 g/mol. The fourth-order valence-corrected chi connectivity index (χ4v) is 1.69. The van der Waals surface area contributed by atoms with E-state index in [1.807, 2.05) is 0 Å². The lowest BCUT2D eigenvalue weighted by atomic mass is 10.1. The SMILES string of the molecule is COC(=O)C(=Cc1cccc(OC)c1OC)CC(=O)O. The summed E-state index contributed by atoms with van der Waals surface area (Å²) in [5, 5.41) is 8.83. The molecule has 0 amide bonds. The first-order valence-corrected chi connectivity index (χ1v) is 5.75. The third-order valence-electron chi connectivity index (χ3n) is 2.55. The Kier molecular flexibility index (Phi) is 5.58. The fraction of sp³-hybridized carbons (Fsp3) is 0.286. The zero-order chi connectivity index (χ0) is 15.1. The minimum atomic E-state index is -1.12. The molecule has 108 valence electrons. The minimum Gasteiger partial charge on any atom is -0.493 e. The topological polar surface area (TPSA) is 82.1 Å². The molecule has 0 fully saturated rings. The molecule has 1 aromatic rings. The number of hydrogen-bond acceptors (Lipinski definition) is 5. The van der Waals surface area contributed by atoms with Gasteiger partial charge in [0, 0.05) is 11.1 Å². The molecule has 0 spiro atoms. The number of carbonyl (C=O) groups is 2. The summed E-state index contributed by atoms with van der Waals surface area (Å²) in [6, 6.07) is 5.10. The van der Waals surface area contributed by atoms with Crippen molar-refractivity contribution in [2.45, 2.75) is 6.42 Å². The highest BCUT2D eigenvalue weighted by Gasteiger charge is 2.16. The van der Waals surface area contributed by atoms with Crippen LogP contribution in [0, 0.1) is 0 Å². The van der Waals surface area contributed by atoms with Crippen LogP contribution in [-0.4, -0.2) is 38.4 Å². The number of para-hydroxylation sites is 1. The van der Waals surface area contributed by atoms with Gasteiger partial charge in [0.1, 0.15) is 0 Å². The van der Waals surface area contributed by atoms with Crippen LogP contribution in [0.1, 0.15) is 12.0 Å². The van der Waals surface area contributed by atoms with Crippen molar-refractivity contribution in [2.24, 2.45) is 0 Å². The maximum Gasteiger partial charge on any atom is 0.334 e. The van der Waals surface area contributed by atoms with Crippen LogP contribution in [0.2, 0.25) is 0 Å². The molecule has 0 bridgehead atoms. The Morgan fingerprint density at radius 2 is 1.90 bits per heavy atom. The summed E-state index contributed by atoms with van der Waals surface area (Å²) >= 11 is 0. The second kappa shape index (κ2) is 7.18. The van der Waals surface area contributed by atoms with Crippen LogP contribution in [0.25, 0.3) is 6.08 Å². The van der Waals surface area contributed by atoms with Gasteiger partial charge in [0.15, 0.2) is 11.5 Å². The van der Waals surface area contributed by atoms with Gasteiger partial charge in [-0.15, -0.1) is 0 Å². The molecular formula is C14H16O6. The lowest BCUT2D eigenvalue weighted by molar-refractivity contribution is -0.141. The predicted octanol–water partition coefficient (Wildman–Crippen LogP) is 1.73. The Morgan fingerprint density at radius 3 is 2.40 bits per heavy atom. The van der Waals surface area contributed by atoms with Crippen molar-refractivity contribution in [3.8, 4) is 11.5 Å². The van der Waals surface area contributed by atoms with Crippen LogP contribution >= 0.6 is 0 Å². The molecule has 1 aromatic carbocycles. The number of esters is 1. The first kappa shape index (κ1) is 15.6. The zero-order valence-electron chi connectivity index (χ0n) is 11.5. The van der Waals surface area contributed by atoms with Gasteiger partial charge in [0.25, 0.3) is 0 Å². The molecule has 0 aromatic heterocycles. The largest absolute Gasteiger partial charge is 0.493 e. The van der Waals surface area contributed by atoms with E-state index in [9.17, 15) is 9.59 Å². The first-order chi connectivity index (χ1) is 9.53. The van der Waals surface area contributed by atoms with Crippen molar-refractivity contribution in [3.05, 3.63) is 29.3 Å². The molecule has 6 heteroatoms. The molecule has 0 saturated heterocycles. The number of rotatable bonds is 6. The van der Waals surface area contributed by atoms with E-state index in [4.69, 9.17) is 14.6 Å². The fourth-order valence-electron chi connectivity index (χ4n) is 1.69. The maximum atomic E-state index is 11.6. The van der Waals surface area contributed by atoms with Crippen LogP contribution < -0.4 is 9.47 Å². The van der Waals surface area contributed by atoms with E-state index in [0.29, 0.717) is 17.1 Å². The highest BCUT2D eigenvalue weighted by Crippen LogP contribution is 2.32. The van der Waals surface area contributed by atoms with Gasteiger partial charge in [-0.25, -0.2) is 4.79 Å². The Morgan fingerprint density at radius 1 is 1.20 bits per heavy atom. The van der Waals surface area contributed by atoms with Gasteiger partial charge in [-0.05, 0) is 12.1 Å². The number of carbonyl (C=O) groups excluding carboxylic acids is 1. The van der Waals surface area contributed by atoms with E-state index >= 15 is 0 Å². The number of ether oxygens (including phenoxy) is 3. The lowest BCUT2D eigenvalue weighted by Gasteiger charge is -2.11. The second-order valence-corrected chi connectivity index (χ2v) is 3.81. The molecule has 1 N–H and O–H groups in total. The molecule has 0 radical (unpaired) electrons. The van der Waals surface area contributed by atoms with E-state index in [-0.39, 0.29) is 5.57 Å². The second-order valence-electron chi connectivity index (χ2n) is 3.81. The standard InChI is InChI=1S/C14H16O6/c1-18-11-6-4-5-9(13(11)19-2)7-10(8-12(15)16)14(17)20-3/h4-7H,8H2,1-3H3,(H,15,16). The molecule has 0 heterocycles. The van der Waals surface area contributed by atoms with Crippen LogP contribution in [0.15, 0.2) is 23.8 Å². The summed E-state index contributed by atoms with van der Waals surface area (Å²) in [6.07, 6.45) is 0.981. The molecular weight excluding hydrogens is 264 g/mol. The van der Waals surface area contributed by atoms with Crippen molar-refractivity contribution >= 4 is 18.0 Å². The van der Waals surface area contributed by atoms with E-state index in [2.05, 4.69) is 4.74 Å². The Bertz CT molecular complexity index is 532. The zero-order valence-corrected chi connectivity index (χ0v) is 11.5. The number of carboxylic acids is 1. The number of methoxy groups -OCH3 is 3. The number of aliphatic carboxylic acids is 1. The van der Waals surface area contributed by atoms with Crippen molar-refractivity contribution < 1.29 is 28.9 Å². The number of hydrogen-bond donors (Lipinski definition) is 1. The average molecular weight is 280 g/mol. The van der Waals surface area contributed by atoms with Crippen molar-refractivity contribution in [1.29, 1.82) is 0 Å². The van der Waals surface area contributed by atoms with E-state index in [1.165, 1.54) is 27.4 Å². The highest BCUT2D eigenvalue weighted by atomic mass is 16.5. The van der Waals surface area contributed by atoms with Crippen LogP contribution in [-0.2, 0) is 14.3 Å². The molecule has 0 saturated carbocycles. The molecule has 0 aliphatic rings. The Hall–Kier alpha value is -2.50. The van der Waals surface area contributed by atoms with Gasteiger partial charge >= 0.3 is 11.9 Å². The van der Waals surface area contributed by atoms with E-state index in [1.54, 1.807) is 18.2 Å². The van der Waals surface area contributed by atoms with E-state index in [0.717, 1.165) is 0 Å². The Balaban J connectivity index is 3.29. The van der Waals surface area contributed by atoms with E-state index < -0.39 is 18.4 Å². The summed E-state index contributed by atoms with van der Waals surface area (Å²) in [4.78, 5) is 22.4. The quantitative estimate of drug-likeness (QED) is 0.631. The lowest BCUT2D eigenvalue weighted by Crippen LogP contribution is -2.09. The Labute approximate surface area is 116 Å². The van der Waals surface area contributed by atoms with Crippen molar-refractivity contribution in [1.82, 2.24) is 0 Å². The summed E-state index contributed by atoms with van der Waals surface area (Å²) < 4.78 is 14.9. The van der Waals surface area contributed by atoms with Crippen molar-refractivity contribution in [2.75, 3.05) is 21.3 Å². The van der Waals surface area contributed by atoms with Crippen LogP contribution in [0.3, 0.4) is 0 Å². The molecule has 20 heavy (non-hydrogen) atoms. The third kappa shape index (κ3) is 3.74. The van der Waals surface area contributed by atoms with Gasteiger partial charge in [-0.2, -0.15) is 0 Å². The van der Waals surface area contributed by atoms with Crippen molar-refractivity contribution in [3.63, 3.8) is 0 Å². The molecule has 6 nitrogen and oxygen atoms in total. The third-order valence-corrected chi connectivity index (χ3v) is 2.55. The minimum absolute atomic E-state index is 0.0200. The maximum absolute atomic E-state index is 11.6. The van der Waals surface area contributed by atoms with Crippen LogP contribution in [0.5, 0.6) is 11.5 Å². The number of benzene rings is 1. The molecule has 0 aliphatic heterocycles. The first-order valence-electron chi connectivity index (χ1n) is 5.75. The van der Waals surface area contributed by atoms with Gasteiger partial charge in [0.05, 0.1) is 27.8 Å². The summed E-state index contributed by atoms with van der Waals surface area (Å²) in [5.41, 5.74) is 0.556. The van der Waals surface area contributed by atoms with Gasteiger partial charge in [-0.1, -0.05) is 12.1 Å².